The fourth-order valence-electron chi connectivity index (χ4n) is 3.46. The number of ether oxygens (including phenoxy) is 1. The largest absolute Gasteiger partial charge is 0.494 e. The molecular weight excluding hydrogens is 266 g/mol. The van der Waals surface area contributed by atoms with Gasteiger partial charge in [-0.1, -0.05) is 25.0 Å². The molecule has 1 aromatic carbocycles. The van der Waals surface area contributed by atoms with Crippen molar-refractivity contribution in [1.82, 2.24) is 0 Å². The van der Waals surface area contributed by atoms with Crippen LogP contribution in [-0.4, -0.2) is 17.7 Å². The zero-order valence-electron chi connectivity index (χ0n) is 12.7. The van der Waals surface area contributed by atoms with E-state index in [0.29, 0.717) is 6.61 Å². The Morgan fingerprint density at radius 1 is 1.33 bits per heavy atom. The van der Waals surface area contributed by atoms with Crippen LogP contribution in [0.25, 0.3) is 0 Å². The van der Waals surface area contributed by atoms with Crippen LogP contribution in [0.5, 0.6) is 5.75 Å². The predicted octanol–water partition coefficient (Wildman–Crippen LogP) is 3.51. The van der Waals surface area contributed by atoms with Crippen molar-refractivity contribution < 1.29 is 14.6 Å². The van der Waals surface area contributed by atoms with Crippen molar-refractivity contribution in [3.63, 3.8) is 0 Å². The molecule has 0 saturated heterocycles. The Morgan fingerprint density at radius 2 is 1.95 bits per heavy atom. The van der Waals surface area contributed by atoms with Crippen LogP contribution in [0.15, 0.2) is 24.3 Å². The van der Waals surface area contributed by atoms with Crippen molar-refractivity contribution in [3.05, 3.63) is 29.8 Å². The molecule has 0 heterocycles. The number of hydrogen-bond acceptors (Lipinski definition) is 3. The Hall–Kier alpha value is -1.55. The molecule has 1 unspecified atom stereocenters. The molecule has 2 rings (SSSR count). The lowest BCUT2D eigenvalue weighted by Gasteiger charge is -2.30. The van der Waals surface area contributed by atoms with Gasteiger partial charge in [-0.3, -0.25) is 4.79 Å². The third kappa shape index (κ3) is 4.21. The van der Waals surface area contributed by atoms with Crippen molar-refractivity contribution in [2.45, 2.75) is 51.5 Å². The predicted molar refractivity (Wildman–Crippen MR) is 82.3 cm³/mol. The SMILES string of the molecule is CCOc1ccc(C(N)CC2(CC(=O)O)CCCC2)cc1. The smallest absolute Gasteiger partial charge is 0.303 e. The van der Waals surface area contributed by atoms with Gasteiger partial charge in [0.25, 0.3) is 0 Å². The van der Waals surface area contributed by atoms with Gasteiger partial charge < -0.3 is 15.6 Å². The molecule has 0 bridgehead atoms. The number of rotatable bonds is 7. The molecule has 4 nitrogen and oxygen atoms in total. The highest BCUT2D eigenvalue weighted by molar-refractivity contribution is 5.67. The van der Waals surface area contributed by atoms with Crippen LogP contribution in [0, 0.1) is 5.41 Å². The Bertz CT molecular complexity index is 463. The number of hydrogen-bond donors (Lipinski definition) is 2. The fourth-order valence-corrected chi connectivity index (χ4v) is 3.46. The average molecular weight is 291 g/mol. The number of carboxylic acids is 1. The van der Waals surface area contributed by atoms with Gasteiger partial charge in [-0.25, -0.2) is 0 Å². The standard InChI is InChI=1S/C17H25NO3/c1-2-21-14-7-5-13(6-8-14)15(18)11-17(12-16(19)20)9-3-4-10-17/h5-8,15H,2-4,9-12,18H2,1H3,(H,19,20). The minimum atomic E-state index is -0.712. The molecule has 1 aliphatic carbocycles. The zero-order chi connectivity index (χ0) is 15.3. The highest BCUT2D eigenvalue weighted by atomic mass is 16.5. The molecule has 1 aromatic rings. The number of benzene rings is 1. The second-order valence-corrected chi connectivity index (χ2v) is 6.09. The van der Waals surface area contributed by atoms with E-state index >= 15 is 0 Å². The van der Waals surface area contributed by atoms with Gasteiger partial charge in [0.1, 0.15) is 5.75 Å². The Labute approximate surface area is 126 Å². The van der Waals surface area contributed by atoms with E-state index in [1.165, 1.54) is 0 Å². The van der Waals surface area contributed by atoms with E-state index < -0.39 is 5.97 Å². The zero-order valence-corrected chi connectivity index (χ0v) is 12.7. The molecule has 21 heavy (non-hydrogen) atoms. The van der Waals surface area contributed by atoms with Crippen LogP contribution in [-0.2, 0) is 4.79 Å². The molecular formula is C17H25NO3. The fraction of sp³-hybridized carbons (Fsp3) is 0.588. The summed E-state index contributed by atoms with van der Waals surface area (Å²) in [5, 5.41) is 9.16. The third-order valence-corrected chi connectivity index (χ3v) is 4.46. The molecule has 1 saturated carbocycles. The van der Waals surface area contributed by atoms with E-state index in [9.17, 15) is 4.79 Å². The summed E-state index contributed by atoms with van der Waals surface area (Å²) < 4.78 is 5.43. The van der Waals surface area contributed by atoms with Gasteiger partial charge in [0, 0.05) is 6.04 Å². The first-order valence-corrected chi connectivity index (χ1v) is 7.75. The van der Waals surface area contributed by atoms with Gasteiger partial charge in [-0.15, -0.1) is 0 Å². The van der Waals surface area contributed by atoms with E-state index in [-0.39, 0.29) is 17.9 Å². The van der Waals surface area contributed by atoms with Crippen LogP contribution in [0.1, 0.15) is 57.1 Å². The van der Waals surface area contributed by atoms with Crippen molar-refractivity contribution in [1.29, 1.82) is 0 Å². The third-order valence-electron chi connectivity index (χ3n) is 4.46. The topological polar surface area (TPSA) is 72.5 Å². The number of carboxylic acid groups (broad SMARTS) is 1. The number of nitrogens with two attached hydrogens (primary N) is 1. The lowest BCUT2D eigenvalue weighted by molar-refractivity contribution is -0.139. The average Bonchev–Trinajstić information content (AvgIpc) is 2.87. The first-order valence-electron chi connectivity index (χ1n) is 7.75. The van der Waals surface area contributed by atoms with Gasteiger partial charge in [-0.2, -0.15) is 0 Å². The Kier molecular flexibility index (Phi) is 5.23. The van der Waals surface area contributed by atoms with Crippen LogP contribution in [0.2, 0.25) is 0 Å². The molecule has 0 aromatic heterocycles. The first kappa shape index (κ1) is 15.8. The maximum atomic E-state index is 11.1. The number of aliphatic carboxylic acids is 1. The molecule has 116 valence electrons. The van der Waals surface area contributed by atoms with Gasteiger partial charge in [0.2, 0.25) is 0 Å². The molecule has 4 heteroatoms. The molecule has 3 N–H and O–H groups in total. The number of carbonyl (C=O) groups is 1. The minimum Gasteiger partial charge on any atom is -0.494 e. The summed E-state index contributed by atoms with van der Waals surface area (Å²) in [6.45, 7) is 2.60. The van der Waals surface area contributed by atoms with E-state index in [0.717, 1.165) is 43.4 Å². The van der Waals surface area contributed by atoms with Crippen LogP contribution < -0.4 is 10.5 Å². The Balaban J connectivity index is 2.04. The van der Waals surface area contributed by atoms with Crippen LogP contribution in [0.3, 0.4) is 0 Å². The maximum Gasteiger partial charge on any atom is 0.303 e. The summed E-state index contributed by atoms with van der Waals surface area (Å²) in [5.41, 5.74) is 7.26. The lowest BCUT2D eigenvalue weighted by Crippen LogP contribution is -2.27. The van der Waals surface area contributed by atoms with Crippen molar-refractivity contribution in [3.8, 4) is 5.75 Å². The second-order valence-electron chi connectivity index (χ2n) is 6.09. The highest BCUT2D eigenvalue weighted by Crippen LogP contribution is 2.46. The summed E-state index contributed by atoms with van der Waals surface area (Å²) in [4.78, 5) is 11.1. The molecule has 1 aliphatic rings. The van der Waals surface area contributed by atoms with Crippen molar-refractivity contribution in [2.24, 2.45) is 11.1 Å². The van der Waals surface area contributed by atoms with E-state index in [1.54, 1.807) is 0 Å². The quantitative estimate of drug-likeness (QED) is 0.806. The van der Waals surface area contributed by atoms with Gasteiger partial charge >= 0.3 is 5.97 Å². The summed E-state index contributed by atoms with van der Waals surface area (Å²) in [5.74, 6) is 0.130. The van der Waals surface area contributed by atoms with Crippen LogP contribution in [0.4, 0.5) is 0 Å². The van der Waals surface area contributed by atoms with Gasteiger partial charge in [0.15, 0.2) is 0 Å². The second kappa shape index (κ2) is 6.94. The van der Waals surface area contributed by atoms with Gasteiger partial charge in [-0.05, 0) is 49.3 Å². The summed E-state index contributed by atoms with van der Waals surface area (Å²) in [6.07, 6.45) is 5.16. The minimum absolute atomic E-state index is 0.113. The molecule has 1 fully saturated rings. The van der Waals surface area contributed by atoms with Crippen LogP contribution >= 0.6 is 0 Å². The summed E-state index contributed by atoms with van der Waals surface area (Å²) in [7, 11) is 0. The van der Waals surface area contributed by atoms with Crippen molar-refractivity contribution in [2.75, 3.05) is 6.61 Å². The molecule has 0 radical (unpaired) electrons. The Morgan fingerprint density at radius 3 is 2.48 bits per heavy atom. The maximum absolute atomic E-state index is 11.1. The van der Waals surface area contributed by atoms with E-state index in [4.69, 9.17) is 15.6 Å². The molecule has 0 aliphatic heterocycles. The normalized spacial score (nSPS) is 18.4. The van der Waals surface area contributed by atoms with E-state index in [1.807, 2.05) is 31.2 Å². The monoisotopic (exact) mass is 291 g/mol. The molecule has 1 atom stereocenters. The van der Waals surface area contributed by atoms with Gasteiger partial charge in [0.05, 0.1) is 13.0 Å². The lowest BCUT2D eigenvalue weighted by atomic mass is 9.76. The van der Waals surface area contributed by atoms with E-state index in [2.05, 4.69) is 0 Å². The highest BCUT2D eigenvalue weighted by Gasteiger charge is 2.37. The summed E-state index contributed by atoms with van der Waals surface area (Å²) >= 11 is 0. The first-order chi connectivity index (χ1) is 10.0. The van der Waals surface area contributed by atoms with Crippen molar-refractivity contribution >= 4 is 5.97 Å². The molecule has 0 amide bonds. The summed E-state index contributed by atoms with van der Waals surface area (Å²) in [6, 6.07) is 7.71. The molecule has 0 spiro atoms.